The molecule has 1 saturated heterocycles. The Balaban J connectivity index is 1.71. The molecule has 1 aromatic rings. The van der Waals surface area contributed by atoms with Crippen molar-refractivity contribution in [1.29, 1.82) is 0 Å². The number of imide groups is 1. The molecule has 2 fully saturated rings. The second-order valence-electron chi connectivity index (χ2n) is 7.04. The van der Waals surface area contributed by atoms with Crippen LogP contribution in [0.2, 0.25) is 5.02 Å². The van der Waals surface area contributed by atoms with E-state index in [0.29, 0.717) is 23.4 Å². The molecule has 9 nitrogen and oxygen atoms in total. The van der Waals surface area contributed by atoms with Gasteiger partial charge in [0.15, 0.2) is 0 Å². The highest BCUT2D eigenvalue weighted by molar-refractivity contribution is 6.31. The molecule has 1 aliphatic carbocycles. The largest absolute Gasteiger partial charge is 0.352 e. The van der Waals surface area contributed by atoms with Crippen LogP contribution in [-0.4, -0.2) is 34.4 Å². The number of primary amides is 1. The van der Waals surface area contributed by atoms with Gasteiger partial charge in [-0.15, -0.1) is 0 Å². The minimum absolute atomic E-state index is 0.253. The zero-order valence-corrected chi connectivity index (χ0v) is 15.9. The summed E-state index contributed by atoms with van der Waals surface area (Å²) < 4.78 is 0. The third-order valence-corrected chi connectivity index (χ3v) is 5.44. The second kappa shape index (κ2) is 8.05. The van der Waals surface area contributed by atoms with Gasteiger partial charge in [-0.25, -0.2) is 9.59 Å². The van der Waals surface area contributed by atoms with Gasteiger partial charge in [0.25, 0.3) is 5.91 Å². The number of amides is 6. The van der Waals surface area contributed by atoms with E-state index in [1.165, 1.54) is 0 Å². The van der Waals surface area contributed by atoms with Crippen molar-refractivity contribution in [3.8, 4) is 0 Å². The molecule has 1 saturated carbocycles. The number of nitrogens with two attached hydrogens (primary N) is 1. The van der Waals surface area contributed by atoms with Gasteiger partial charge < -0.3 is 16.4 Å². The number of nitrogens with one attached hydrogen (secondary N) is 3. The Morgan fingerprint density at radius 3 is 2.54 bits per heavy atom. The number of urea groups is 2. The predicted molar refractivity (Wildman–Crippen MR) is 101 cm³/mol. The van der Waals surface area contributed by atoms with Crippen LogP contribution in [0.1, 0.15) is 50.1 Å². The normalized spacial score (nSPS) is 19.2. The quantitative estimate of drug-likeness (QED) is 0.553. The zero-order valence-electron chi connectivity index (χ0n) is 15.2. The van der Waals surface area contributed by atoms with Gasteiger partial charge in [-0.2, -0.15) is 5.01 Å². The Kier molecular flexibility index (Phi) is 5.73. The molecule has 3 rings (SSSR count). The molecule has 0 radical (unpaired) electrons. The number of halogens is 1. The van der Waals surface area contributed by atoms with Crippen molar-refractivity contribution in [2.45, 2.75) is 50.1 Å². The van der Waals surface area contributed by atoms with E-state index in [9.17, 15) is 19.2 Å². The minimum Gasteiger partial charge on any atom is -0.352 e. The Morgan fingerprint density at radius 2 is 1.89 bits per heavy atom. The highest BCUT2D eigenvalue weighted by Gasteiger charge is 2.52. The molecule has 5 N–H and O–H groups in total. The van der Waals surface area contributed by atoms with E-state index in [2.05, 4.69) is 16.1 Å². The summed E-state index contributed by atoms with van der Waals surface area (Å²) in [5, 5.41) is 6.25. The molecule has 1 aliphatic heterocycles. The Hall–Kier alpha value is -2.81. The Morgan fingerprint density at radius 1 is 1.21 bits per heavy atom. The van der Waals surface area contributed by atoms with Crippen LogP contribution >= 0.6 is 11.6 Å². The molecule has 1 aromatic carbocycles. The summed E-state index contributed by atoms with van der Waals surface area (Å²) in [4.78, 5) is 48.8. The van der Waals surface area contributed by atoms with Crippen molar-refractivity contribution < 1.29 is 19.2 Å². The second-order valence-corrected chi connectivity index (χ2v) is 7.44. The van der Waals surface area contributed by atoms with Gasteiger partial charge in [0, 0.05) is 5.02 Å². The maximum Gasteiger partial charge on any atom is 0.344 e. The standard InChI is InChI=1S/C18H22ClN5O4/c19-12-7-3-2-6-11(12)13(21-16(20)27)10-14(25)23-24-15(26)18(22-17(24)28)8-4-1-5-9-18/h2-3,6-7,13H,1,4-5,8-10H2,(H,22,28)(H,23,25)(H3,20,21,27). The van der Waals surface area contributed by atoms with E-state index >= 15 is 0 Å². The van der Waals surface area contributed by atoms with Gasteiger partial charge in [-0.05, 0) is 24.5 Å². The van der Waals surface area contributed by atoms with E-state index in [4.69, 9.17) is 17.3 Å². The first-order chi connectivity index (χ1) is 13.3. The fourth-order valence-electron chi connectivity index (χ4n) is 3.74. The first kappa shape index (κ1) is 19.9. The molecule has 1 atom stereocenters. The van der Waals surface area contributed by atoms with Gasteiger partial charge in [-0.3, -0.25) is 15.0 Å². The van der Waals surface area contributed by atoms with Crippen molar-refractivity contribution in [3.05, 3.63) is 34.9 Å². The topological polar surface area (TPSA) is 134 Å². The van der Waals surface area contributed by atoms with Crippen LogP contribution in [0.5, 0.6) is 0 Å². The van der Waals surface area contributed by atoms with Gasteiger partial charge in [0.1, 0.15) is 5.54 Å². The number of benzene rings is 1. The first-order valence-electron chi connectivity index (χ1n) is 9.09. The molecular weight excluding hydrogens is 386 g/mol. The van der Waals surface area contributed by atoms with Crippen molar-refractivity contribution >= 4 is 35.5 Å². The van der Waals surface area contributed by atoms with E-state index in [1.807, 2.05) is 0 Å². The van der Waals surface area contributed by atoms with E-state index in [0.717, 1.165) is 24.3 Å². The highest BCUT2D eigenvalue weighted by atomic mass is 35.5. The minimum atomic E-state index is -0.934. The third-order valence-electron chi connectivity index (χ3n) is 5.09. The fraction of sp³-hybridized carbons (Fsp3) is 0.444. The summed E-state index contributed by atoms with van der Waals surface area (Å²) in [7, 11) is 0. The Bertz CT molecular complexity index is 809. The summed E-state index contributed by atoms with van der Waals surface area (Å²) in [6.45, 7) is 0. The van der Waals surface area contributed by atoms with E-state index in [-0.39, 0.29) is 6.42 Å². The van der Waals surface area contributed by atoms with Crippen LogP contribution < -0.4 is 21.8 Å². The van der Waals surface area contributed by atoms with Crippen LogP contribution in [0, 0.1) is 0 Å². The summed E-state index contributed by atoms with van der Waals surface area (Å²) in [5.41, 5.74) is 7.11. The first-order valence-corrected chi connectivity index (χ1v) is 9.47. The lowest BCUT2D eigenvalue weighted by Crippen LogP contribution is -2.51. The van der Waals surface area contributed by atoms with Crippen LogP contribution in [0.25, 0.3) is 0 Å². The lowest BCUT2D eigenvalue weighted by atomic mass is 9.82. The summed E-state index contributed by atoms with van der Waals surface area (Å²) in [6.07, 6.45) is 3.53. The number of hydrogen-bond acceptors (Lipinski definition) is 4. The monoisotopic (exact) mass is 407 g/mol. The smallest absolute Gasteiger partial charge is 0.344 e. The van der Waals surface area contributed by atoms with Crippen molar-refractivity contribution in [2.75, 3.05) is 0 Å². The molecular formula is C18H22ClN5O4. The number of carbonyl (C=O) groups is 4. The number of hydrogen-bond donors (Lipinski definition) is 4. The van der Waals surface area contributed by atoms with Crippen molar-refractivity contribution in [2.24, 2.45) is 5.73 Å². The molecule has 6 amide bonds. The fourth-order valence-corrected chi connectivity index (χ4v) is 4.01. The average Bonchev–Trinajstić information content (AvgIpc) is 2.86. The average molecular weight is 408 g/mol. The Labute approximate surface area is 166 Å². The molecule has 0 aromatic heterocycles. The molecule has 28 heavy (non-hydrogen) atoms. The maximum absolute atomic E-state index is 12.7. The number of hydrazine groups is 1. The van der Waals surface area contributed by atoms with Gasteiger partial charge in [-0.1, -0.05) is 49.1 Å². The van der Waals surface area contributed by atoms with Gasteiger partial charge in [0.2, 0.25) is 5.91 Å². The molecule has 150 valence electrons. The SMILES string of the molecule is NC(=O)NC(CC(=O)NN1C(=O)NC2(CCCCC2)C1=O)c1ccccc1Cl. The molecule has 10 heteroatoms. The highest BCUT2D eigenvalue weighted by Crippen LogP contribution is 2.33. The van der Waals surface area contributed by atoms with Crippen LogP contribution in [0.4, 0.5) is 9.59 Å². The lowest BCUT2D eigenvalue weighted by Gasteiger charge is -2.30. The zero-order chi connectivity index (χ0) is 20.3. The number of nitrogens with zero attached hydrogens (tertiary/aromatic N) is 1. The third kappa shape index (κ3) is 4.04. The van der Waals surface area contributed by atoms with Gasteiger partial charge >= 0.3 is 12.1 Å². The molecule has 1 heterocycles. The molecule has 1 spiro atoms. The van der Waals surface area contributed by atoms with Crippen LogP contribution in [0.15, 0.2) is 24.3 Å². The summed E-state index contributed by atoms with van der Waals surface area (Å²) >= 11 is 6.15. The van der Waals surface area contributed by atoms with Gasteiger partial charge in [0.05, 0.1) is 12.5 Å². The van der Waals surface area contributed by atoms with Crippen LogP contribution in [-0.2, 0) is 9.59 Å². The molecule has 2 aliphatic rings. The molecule has 0 bridgehead atoms. The number of carbonyl (C=O) groups excluding carboxylic acids is 4. The van der Waals surface area contributed by atoms with E-state index in [1.54, 1.807) is 24.3 Å². The van der Waals surface area contributed by atoms with Crippen molar-refractivity contribution in [1.82, 2.24) is 21.1 Å². The summed E-state index contributed by atoms with van der Waals surface area (Å²) in [5.74, 6) is -1.09. The van der Waals surface area contributed by atoms with Crippen molar-refractivity contribution in [3.63, 3.8) is 0 Å². The summed E-state index contributed by atoms with van der Waals surface area (Å²) in [6, 6.07) is 4.40. The lowest BCUT2D eigenvalue weighted by molar-refractivity contribution is -0.140. The molecule has 1 unspecified atom stereocenters. The van der Waals surface area contributed by atoms with Crippen LogP contribution in [0.3, 0.4) is 0 Å². The predicted octanol–water partition coefficient (Wildman–Crippen LogP) is 1.73. The number of rotatable bonds is 5. The van der Waals surface area contributed by atoms with E-state index < -0.39 is 35.5 Å². The maximum atomic E-state index is 12.7.